The van der Waals surface area contributed by atoms with Crippen LogP contribution in [0.2, 0.25) is 0 Å². The van der Waals surface area contributed by atoms with E-state index in [0.29, 0.717) is 25.9 Å². The molecule has 0 spiro atoms. The second-order valence-corrected chi connectivity index (χ2v) is 7.58. The zero-order valence-electron chi connectivity index (χ0n) is 15.0. The topological polar surface area (TPSA) is 57.6 Å². The van der Waals surface area contributed by atoms with Crippen LogP contribution in [0.4, 0.5) is 4.39 Å². The molecular formula is C22H22FNO3. The highest BCUT2D eigenvalue weighted by Crippen LogP contribution is 2.49. The largest absolute Gasteiger partial charge is 0.481 e. The van der Waals surface area contributed by atoms with E-state index >= 15 is 0 Å². The number of carboxylic acid groups (broad SMARTS) is 1. The third kappa shape index (κ3) is 3.22. The zero-order valence-corrected chi connectivity index (χ0v) is 15.0. The highest BCUT2D eigenvalue weighted by molar-refractivity contribution is 5.85. The molecule has 1 amide bonds. The molecule has 2 aromatic carbocycles. The Labute approximate surface area is 157 Å². The van der Waals surface area contributed by atoms with Crippen molar-refractivity contribution in [2.24, 2.45) is 5.92 Å². The molecule has 2 aliphatic rings. The summed E-state index contributed by atoms with van der Waals surface area (Å²) in [6, 6.07) is 15.7. The fourth-order valence-corrected chi connectivity index (χ4v) is 4.30. The van der Waals surface area contributed by atoms with Gasteiger partial charge in [-0.1, -0.05) is 42.5 Å². The van der Waals surface area contributed by atoms with Crippen LogP contribution in [0.15, 0.2) is 54.6 Å². The van der Waals surface area contributed by atoms with Crippen molar-refractivity contribution in [1.82, 2.24) is 4.90 Å². The molecule has 1 aliphatic carbocycles. The highest BCUT2D eigenvalue weighted by atomic mass is 19.1. The van der Waals surface area contributed by atoms with Crippen molar-refractivity contribution >= 4 is 11.9 Å². The normalized spacial score (nSPS) is 23.7. The number of carbonyl (C=O) groups excluding carboxylic acids is 1. The van der Waals surface area contributed by atoms with Gasteiger partial charge in [0, 0.05) is 19.0 Å². The Kier molecular flexibility index (Phi) is 4.46. The van der Waals surface area contributed by atoms with Gasteiger partial charge in [0.15, 0.2) is 0 Å². The Hall–Kier alpha value is -2.69. The smallest absolute Gasteiger partial charge is 0.314 e. The molecule has 4 nitrogen and oxygen atoms in total. The molecular weight excluding hydrogens is 345 g/mol. The molecule has 1 N–H and O–H groups in total. The Balaban J connectivity index is 1.43. The van der Waals surface area contributed by atoms with Gasteiger partial charge in [0.2, 0.25) is 5.91 Å². The van der Waals surface area contributed by atoms with E-state index in [1.165, 1.54) is 12.1 Å². The Morgan fingerprint density at radius 2 is 1.74 bits per heavy atom. The van der Waals surface area contributed by atoms with Crippen LogP contribution in [0, 0.1) is 11.7 Å². The molecule has 1 saturated heterocycles. The molecule has 1 aliphatic heterocycles. The molecule has 2 atom stereocenters. The average Bonchev–Trinajstić information content (AvgIpc) is 3.49. The first-order valence-electron chi connectivity index (χ1n) is 9.34. The minimum Gasteiger partial charge on any atom is -0.481 e. The van der Waals surface area contributed by atoms with E-state index in [2.05, 4.69) is 0 Å². The molecule has 5 heteroatoms. The van der Waals surface area contributed by atoms with Crippen molar-refractivity contribution in [3.05, 3.63) is 71.5 Å². The summed E-state index contributed by atoms with van der Waals surface area (Å²) in [5.41, 5.74) is 0.743. The van der Waals surface area contributed by atoms with Gasteiger partial charge in [0.1, 0.15) is 5.82 Å². The first kappa shape index (κ1) is 17.7. The summed E-state index contributed by atoms with van der Waals surface area (Å²) in [5, 5.41) is 9.87. The van der Waals surface area contributed by atoms with Gasteiger partial charge < -0.3 is 10.0 Å². The van der Waals surface area contributed by atoms with Crippen molar-refractivity contribution in [2.45, 2.75) is 30.6 Å². The van der Waals surface area contributed by atoms with Gasteiger partial charge >= 0.3 is 5.97 Å². The van der Waals surface area contributed by atoms with Crippen LogP contribution in [-0.2, 0) is 15.0 Å². The predicted octanol–water partition coefficient (Wildman–Crippen LogP) is 3.57. The number of likely N-dealkylation sites (tertiary alicyclic amines) is 1. The Bertz CT molecular complexity index is 859. The maximum atomic E-state index is 13.4. The summed E-state index contributed by atoms with van der Waals surface area (Å²) in [5.74, 6) is -1.08. The number of rotatable bonds is 4. The lowest BCUT2D eigenvalue weighted by molar-refractivity contribution is -0.148. The van der Waals surface area contributed by atoms with Gasteiger partial charge in [0.25, 0.3) is 0 Å². The Morgan fingerprint density at radius 3 is 2.37 bits per heavy atom. The second-order valence-electron chi connectivity index (χ2n) is 7.58. The number of carboxylic acids is 1. The molecule has 0 radical (unpaired) electrons. The molecule has 2 fully saturated rings. The Morgan fingerprint density at radius 1 is 1.04 bits per heavy atom. The maximum absolute atomic E-state index is 13.4. The van der Waals surface area contributed by atoms with Crippen LogP contribution in [0.25, 0.3) is 0 Å². The standard InChI is InChI=1S/C22H22FNO3/c23-17-8-4-5-15(13-17)18-14-19(18)20(25)24-11-9-22(10-12-24,21(26)27)16-6-2-1-3-7-16/h1-8,13,18-19H,9-12,14H2,(H,26,27)/t18-,19-/m1/s1. The third-order valence-electron chi connectivity index (χ3n) is 6.05. The maximum Gasteiger partial charge on any atom is 0.314 e. The molecule has 0 unspecified atom stereocenters. The van der Waals surface area contributed by atoms with E-state index in [0.717, 1.165) is 17.5 Å². The van der Waals surface area contributed by atoms with Gasteiger partial charge in [-0.15, -0.1) is 0 Å². The van der Waals surface area contributed by atoms with Crippen molar-refractivity contribution in [2.75, 3.05) is 13.1 Å². The first-order chi connectivity index (χ1) is 13.0. The number of aliphatic carboxylic acids is 1. The number of nitrogens with zero attached hydrogens (tertiary/aromatic N) is 1. The quantitative estimate of drug-likeness (QED) is 0.899. The number of benzene rings is 2. The highest BCUT2D eigenvalue weighted by Gasteiger charge is 2.49. The molecule has 4 rings (SSSR count). The first-order valence-corrected chi connectivity index (χ1v) is 9.34. The SMILES string of the molecule is O=C([C@@H]1C[C@@H]1c1cccc(F)c1)N1CCC(C(=O)O)(c2ccccc2)CC1. The molecule has 1 heterocycles. The second kappa shape index (κ2) is 6.80. The van der Waals surface area contributed by atoms with Crippen LogP contribution in [-0.4, -0.2) is 35.0 Å². The number of piperidine rings is 1. The van der Waals surface area contributed by atoms with Crippen molar-refractivity contribution in [1.29, 1.82) is 0 Å². The van der Waals surface area contributed by atoms with E-state index < -0.39 is 11.4 Å². The fraction of sp³-hybridized carbons (Fsp3) is 0.364. The lowest BCUT2D eigenvalue weighted by Crippen LogP contribution is -2.49. The third-order valence-corrected chi connectivity index (χ3v) is 6.05. The average molecular weight is 367 g/mol. The predicted molar refractivity (Wildman–Crippen MR) is 98.8 cm³/mol. The van der Waals surface area contributed by atoms with Gasteiger partial charge in [-0.2, -0.15) is 0 Å². The lowest BCUT2D eigenvalue weighted by Gasteiger charge is -2.39. The minimum absolute atomic E-state index is 0.0660. The summed E-state index contributed by atoms with van der Waals surface area (Å²) in [6.45, 7) is 0.874. The van der Waals surface area contributed by atoms with Crippen LogP contribution in [0.3, 0.4) is 0 Å². The monoisotopic (exact) mass is 367 g/mol. The van der Waals surface area contributed by atoms with Gasteiger partial charge in [-0.25, -0.2) is 4.39 Å². The van der Waals surface area contributed by atoms with E-state index in [4.69, 9.17) is 0 Å². The molecule has 140 valence electrons. The molecule has 0 bridgehead atoms. The van der Waals surface area contributed by atoms with Crippen LogP contribution >= 0.6 is 0 Å². The van der Waals surface area contributed by atoms with Gasteiger partial charge in [-0.05, 0) is 48.4 Å². The van der Waals surface area contributed by atoms with Crippen LogP contribution < -0.4 is 0 Å². The van der Waals surface area contributed by atoms with Gasteiger partial charge in [-0.3, -0.25) is 9.59 Å². The summed E-state index contributed by atoms with van der Waals surface area (Å²) in [7, 11) is 0. The molecule has 2 aromatic rings. The van der Waals surface area contributed by atoms with E-state index in [1.807, 2.05) is 36.4 Å². The molecule has 0 aromatic heterocycles. The number of hydrogen-bond donors (Lipinski definition) is 1. The number of carbonyl (C=O) groups is 2. The van der Waals surface area contributed by atoms with E-state index in [9.17, 15) is 19.1 Å². The molecule has 27 heavy (non-hydrogen) atoms. The van der Waals surface area contributed by atoms with E-state index in [1.54, 1.807) is 11.0 Å². The van der Waals surface area contributed by atoms with Crippen molar-refractivity contribution < 1.29 is 19.1 Å². The van der Waals surface area contributed by atoms with Crippen molar-refractivity contribution in [3.8, 4) is 0 Å². The van der Waals surface area contributed by atoms with Gasteiger partial charge in [0.05, 0.1) is 5.41 Å². The minimum atomic E-state index is -0.927. The van der Waals surface area contributed by atoms with Crippen LogP contribution in [0.5, 0.6) is 0 Å². The fourth-order valence-electron chi connectivity index (χ4n) is 4.30. The zero-order chi connectivity index (χ0) is 19.0. The number of hydrogen-bond acceptors (Lipinski definition) is 2. The lowest BCUT2D eigenvalue weighted by atomic mass is 9.73. The summed E-state index contributed by atoms with van der Waals surface area (Å²) in [4.78, 5) is 26.6. The summed E-state index contributed by atoms with van der Waals surface area (Å²) >= 11 is 0. The van der Waals surface area contributed by atoms with Crippen molar-refractivity contribution in [3.63, 3.8) is 0 Å². The number of halogens is 1. The van der Waals surface area contributed by atoms with E-state index in [-0.39, 0.29) is 23.6 Å². The summed E-state index contributed by atoms with van der Waals surface area (Å²) in [6.07, 6.45) is 1.56. The number of amides is 1. The van der Waals surface area contributed by atoms with Crippen LogP contribution in [0.1, 0.15) is 36.3 Å². The molecule has 1 saturated carbocycles. The summed E-state index contributed by atoms with van der Waals surface area (Å²) < 4.78 is 13.4.